The number of ether oxygens (including phenoxy) is 1. The van der Waals surface area contributed by atoms with E-state index in [9.17, 15) is 4.79 Å². The third-order valence-electron chi connectivity index (χ3n) is 3.31. The van der Waals surface area contributed by atoms with Crippen molar-refractivity contribution in [2.45, 2.75) is 51.7 Å². The molecule has 4 nitrogen and oxygen atoms in total. The lowest BCUT2D eigenvalue weighted by molar-refractivity contribution is 0.0519. The molecule has 1 aliphatic carbocycles. The van der Waals surface area contributed by atoms with Crippen LogP contribution < -0.4 is 5.32 Å². The fourth-order valence-corrected chi connectivity index (χ4v) is 2.34. The van der Waals surface area contributed by atoms with Gasteiger partial charge in [-0.25, -0.2) is 4.79 Å². The summed E-state index contributed by atoms with van der Waals surface area (Å²) in [6, 6.07) is 0.849. The first-order valence-corrected chi connectivity index (χ1v) is 6.65. The highest BCUT2D eigenvalue weighted by Crippen LogP contribution is 2.31. The quantitative estimate of drug-likeness (QED) is 0.820. The van der Waals surface area contributed by atoms with Gasteiger partial charge >= 0.3 is 6.09 Å². The molecule has 1 N–H and O–H groups in total. The Morgan fingerprint density at radius 3 is 2.65 bits per heavy atom. The summed E-state index contributed by atoms with van der Waals surface area (Å²) in [4.78, 5) is 14.1. The van der Waals surface area contributed by atoms with Crippen molar-refractivity contribution in [3.05, 3.63) is 0 Å². The molecular weight excluding hydrogens is 216 g/mol. The van der Waals surface area contributed by atoms with Crippen LogP contribution in [-0.2, 0) is 4.74 Å². The molecule has 1 heterocycles. The van der Waals surface area contributed by atoms with Crippen LogP contribution in [0.2, 0.25) is 0 Å². The lowest BCUT2D eigenvalue weighted by Crippen LogP contribution is -2.36. The van der Waals surface area contributed by atoms with Crippen LogP contribution in [0, 0.1) is 5.92 Å². The van der Waals surface area contributed by atoms with Gasteiger partial charge in [0.2, 0.25) is 0 Å². The van der Waals surface area contributed by atoms with E-state index < -0.39 is 5.60 Å². The first kappa shape index (κ1) is 12.7. The second-order valence-corrected chi connectivity index (χ2v) is 6.26. The summed E-state index contributed by atoms with van der Waals surface area (Å²) in [6.45, 7) is 8.74. The van der Waals surface area contributed by atoms with E-state index in [1.807, 2.05) is 20.8 Å². The summed E-state index contributed by atoms with van der Waals surface area (Å²) < 4.78 is 5.22. The van der Waals surface area contributed by atoms with Crippen LogP contribution in [0.15, 0.2) is 0 Å². The molecule has 1 saturated heterocycles. The Kier molecular flexibility index (Phi) is 3.61. The van der Waals surface area contributed by atoms with Gasteiger partial charge in [-0.05, 0) is 52.5 Å². The number of nitrogens with zero attached hydrogens (tertiary/aromatic N) is 1. The van der Waals surface area contributed by atoms with Crippen molar-refractivity contribution in [2.24, 2.45) is 5.92 Å². The van der Waals surface area contributed by atoms with E-state index in [2.05, 4.69) is 10.2 Å². The number of nitrogens with one attached hydrogen (secondary N) is 1. The summed E-state index contributed by atoms with van der Waals surface area (Å²) in [5.41, 5.74) is -0.403. The van der Waals surface area contributed by atoms with E-state index >= 15 is 0 Å². The number of carbonyl (C=O) groups excluding carboxylic acids is 1. The van der Waals surface area contributed by atoms with Crippen LogP contribution in [-0.4, -0.2) is 42.3 Å². The Labute approximate surface area is 104 Å². The van der Waals surface area contributed by atoms with Crippen molar-refractivity contribution in [3.63, 3.8) is 0 Å². The maximum atomic E-state index is 11.5. The number of hydrogen-bond acceptors (Lipinski definition) is 3. The number of carbonyl (C=O) groups is 1. The summed E-state index contributed by atoms with van der Waals surface area (Å²) in [7, 11) is 0. The van der Waals surface area contributed by atoms with E-state index in [1.165, 1.54) is 25.8 Å². The molecule has 1 amide bonds. The highest BCUT2D eigenvalue weighted by atomic mass is 16.6. The molecule has 1 saturated carbocycles. The predicted octanol–water partition coefficient (Wildman–Crippen LogP) is 2.00. The average Bonchev–Trinajstić information content (AvgIpc) is 2.93. The van der Waals surface area contributed by atoms with Crippen molar-refractivity contribution in [3.8, 4) is 0 Å². The van der Waals surface area contributed by atoms with Gasteiger partial charge in [0.25, 0.3) is 0 Å². The smallest absolute Gasteiger partial charge is 0.407 e. The average molecular weight is 240 g/mol. The summed E-state index contributed by atoms with van der Waals surface area (Å²) in [5.74, 6) is 0.600. The SMILES string of the molecule is CC(C)(C)OC(=O)NC[C@H]1CCN(C2CC2)C1. The van der Waals surface area contributed by atoms with E-state index in [4.69, 9.17) is 4.74 Å². The fraction of sp³-hybridized carbons (Fsp3) is 0.923. The lowest BCUT2D eigenvalue weighted by atomic mass is 10.1. The van der Waals surface area contributed by atoms with Gasteiger partial charge in [0.1, 0.15) is 5.60 Å². The largest absolute Gasteiger partial charge is 0.444 e. The highest BCUT2D eigenvalue weighted by Gasteiger charge is 2.34. The first-order chi connectivity index (χ1) is 7.94. The van der Waals surface area contributed by atoms with Crippen molar-refractivity contribution >= 4 is 6.09 Å². The topological polar surface area (TPSA) is 41.6 Å². The number of likely N-dealkylation sites (tertiary alicyclic amines) is 1. The molecule has 2 aliphatic rings. The zero-order valence-corrected chi connectivity index (χ0v) is 11.2. The van der Waals surface area contributed by atoms with E-state index in [1.54, 1.807) is 0 Å². The molecule has 17 heavy (non-hydrogen) atoms. The van der Waals surface area contributed by atoms with Crippen LogP contribution in [0.3, 0.4) is 0 Å². The molecule has 98 valence electrons. The van der Waals surface area contributed by atoms with Gasteiger partial charge < -0.3 is 15.0 Å². The van der Waals surface area contributed by atoms with Crippen molar-refractivity contribution in [2.75, 3.05) is 19.6 Å². The third-order valence-corrected chi connectivity index (χ3v) is 3.31. The third kappa shape index (κ3) is 4.19. The summed E-state index contributed by atoms with van der Waals surface area (Å²) in [6.07, 6.45) is 3.65. The van der Waals surface area contributed by atoms with Gasteiger partial charge in [-0.3, -0.25) is 0 Å². The Bertz CT molecular complexity index is 282. The van der Waals surface area contributed by atoms with Gasteiger partial charge in [-0.15, -0.1) is 0 Å². The van der Waals surface area contributed by atoms with Gasteiger partial charge in [0.05, 0.1) is 0 Å². The molecule has 2 fully saturated rings. The van der Waals surface area contributed by atoms with Gasteiger partial charge in [-0.1, -0.05) is 0 Å². The molecule has 0 aromatic carbocycles. The van der Waals surface area contributed by atoms with E-state index in [0.717, 1.165) is 19.1 Å². The van der Waals surface area contributed by atoms with Crippen molar-refractivity contribution in [1.29, 1.82) is 0 Å². The second kappa shape index (κ2) is 4.84. The van der Waals surface area contributed by atoms with Crippen LogP contribution >= 0.6 is 0 Å². The Morgan fingerprint density at radius 1 is 1.35 bits per heavy atom. The predicted molar refractivity (Wildman–Crippen MR) is 66.9 cm³/mol. The molecule has 1 aliphatic heterocycles. The second-order valence-electron chi connectivity index (χ2n) is 6.26. The van der Waals surface area contributed by atoms with Crippen LogP contribution in [0.25, 0.3) is 0 Å². The zero-order valence-electron chi connectivity index (χ0n) is 11.2. The van der Waals surface area contributed by atoms with Crippen LogP contribution in [0.5, 0.6) is 0 Å². The van der Waals surface area contributed by atoms with E-state index in [-0.39, 0.29) is 6.09 Å². The monoisotopic (exact) mass is 240 g/mol. The minimum absolute atomic E-state index is 0.289. The Morgan fingerprint density at radius 2 is 2.06 bits per heavy atom. The van der Waals surface area contributed by atoms with Gasteiger partial charge in [0.15, 0.2) is 0 Å². The van der Waals surface area contributed by atoms with Crippen LogP contribution in [0.1, 0.15) is 40.0 Å². The molecular formula is C13H24N2O2. The number of amides is 1. The summed E-state index contributed by atoms with van der Waals surface area (Å²) >= 11 is 0. The number of hydrogen-bond donors (Lipinski definition) is 1. The van der Waals surface area contributed by atoms with Gasteiger partial charge in [0, 0.05) is 19.1 Å². The maximum Gasteiger partial charge on any atom is 0.407 e. The number of rotatable bonds is 3. The molecule has 4 heteroatoms. The van der Waals surface area contributed by atoms with Crippen LogP contribution in [0.4, 0.5) is 4.79 Å². The van der Waals surface area contributed by atoms with Crippen molar-refractivity contribution in [1.82, 2.24) is 10.2 Å². The Hall–Kier alpha value is -0.770. The molecule has 0 spiro atoms. The molecule has 0 bridgehead atoms. The van der Waals surface area contributed by atoms with E-state index in [0.29, 0.717) is 5.92 Å². The minimum atomic E-state index is -0.403. The lowest BCUT2D eigenvalue weighted by Gasteiger charge is -2.20. The highest BCUT2D eigenvalue weighted by molar-refractivity contribution is 5.67. The molecule has 0 aromatic rings. The number of alkyl carbamates (subject to hydrolysis) is 1. The first-order valence-electron chi connectivity index (χ1n) is 6.65. The summed E-state index contributed by atoms with van der Waals surface area (Å²) in [5, 5.41) is 2.87. The van der Waals surface area contributed by atoms with Gasteiger partial charge in [-0.2, -0.15) is 0 Å². The molecule has 1 atom stereocenters. The standard InChI is InChI=1S/C13H24N2O2/c1-13(2,3)17-12(16)14-8-10-6-7-15(9-10)11-4-5-11/h10-11H,4-9H2,1-3H3,(H,14,16)/t10-/m1/s1. The normalized spacial score (nSPS) is 25.9. The molecule has 0 aromatic heterocycles. The fourth-order valence-electron chi connectivity index (χ4n) is 2.34. The minimum Gasteiger partial charge on any atom is -0.444 e. The molecule has 2 rings (SSSR count). The van der Waals surface area contributed by atoms with Crippen molar-refractivity contribution < 1.29 is 9.53 Å². The maximum absolute atomic E-state index is 11.5. The zero-order chi connectivity index (χ0) is 12.5. The molecule has 0 radical (unpaired) electrons. The Balaban J connectivity index is 1.63. The molecule has 0 unspecified atom stereocenters.